The number of ether oxygens (including phenoxy) is 1. The van der Waals surface area contributed by atoms with Gasteiger partial charge in [0, 0.05) is 31.7 Å². The van der Waals surface area contributed by atoms with Crippen molar-refractivity contribution in [2.45, 2.75) is 18.3 Å². The predicted octanol–water partition coefficient (Wildman–Crippen LogP) is 2.02. The van der Waals surface area contributed by atoms with Crippen LogP contribution in [0.1, 0.15) is 18.4 Å². The van der Waals surface area contributed by atoms with Crippen LogP contribution in [-0.2, 0) is 10.2 Å². The van der Waals surface area contributed by atoms with E-state index in [1.165, 1.54) is 24.1 Å². The van der Waals surface area contributed by atoms with Gasteiger partial charge in [-0.1, -0.05) is 12.1 Å². The smallest absolute Gasteiger partial charge is 0.0591 e. The number of hydrogen-bond donors (Lipinski definition) is 1. The average molecular weight is 260 g/mol. The summed E-state index contributed by atoms with van der Waals surface area (Å²) in [7, 11) is 6.23. The van der Waals surface area contributed by atoms with Gasteiger partial charge < -0.3 is 15.0 Å². The van der Waals surface area contributed by atoms with Crippen LogP contribution >= 0.6 is 0 Å². The molecule has 1 saturated heterocycles. The standard InChI is InChI=1S/C16H24N2O/c1-17-10-15(8-9-15)16(11-19-12-16)13-4-6-14(7-5-13)18(2)3/h4-7,17H,8-12H2,1-3H3. The first kappa shape index (κ1) is 12.9. The molecule has 0 bridgehead atoms. The van der Waals surface area contributed by atoms with E-state index in [-0.39, 0.29) is 5.41 Å². The Hall–Kier alpha value is -1.06. The molecule has 3 heteroatoms. The third kappa shape index (κ3) is 1.87. The van der Waals surface area contributed by atoms with Crippen LogP contribution in [0.15, 0.2) is 24.3 Å². The van der Waals surface area contributed by atoms with E-state index in [2.05, 4.69) is 55.6 Å². The minimum absolute atomic E-state index is 0.251. The molecule has 104 valence electrons. The fourth-order valence-electron chi connectivity index (χ4n) is 3.48. The van der Waals surface area contributed by atoms with Gasteiger partial charge in [0.1, 0.15) is 0 Å². The zero-order chi connectivity index (χ0) is 13.5. The minimum Gasteiger partial charge on any atom is -0.379 e. The molecule has 1 aromatic carbocycles. The van der Waals surface area contributed by atoms with Crippen LogP contribution in [0.4, 0.5) is 5.69 Å². The first-order chi connectivity index (χ1) is 9.13. The highest BCUT2D eigenvalue weighted by molar-refractivity contribution is 5.49. The lowest BCUT2D eigenvalue weighted by molar-refractivity contribution is -0.0986. The summed E-state index contributed by atoms with van der Waals surface area (Å²) in [4.78, 5) is 2.15. The number of anilines is 1. The molecule has 0 spiro atoms. The lowest BCUT2D eigenvalue weighted by atomic mass is 9.66. The molecule has 3 rings (SSSR count). The minimum atomic E-state index is 0.251. The van der Waals surface area contributed by atoms with Crippen molar-refractivity contribution in [1.82, 2.24) is 5.32 Å². The summed E-state index contributed by atoms with van der Waals surface area (Å²) >= 11 is 0. The van der Waals surface area contributed by atoms with Gasteiger partial charge >= 0.3 is 0 Å². The van der Waals surface area contributed by atoms with Gasteiger partial charge in [-0.05, 0) is 43.0 Å². The molecule has 1 heterocycles. The van der Waals surface area contributed by atoms with Crippen LogP contribution in [0.2, 0.25) is 0 Å². The quantitative estimate of drug-likeness (QED) is 0.876. The molecule has 0 unspecified atom stereocenters. The number of benzene rings is 1. The fourth-order valence-corrected chi connectivity index (χ4v) is 3.48. The van der Waals surface area contributed by atoms with E-state index in [1.54, 1.807) is 0 Å². The van der Waals surface area contributed by atoms with Crippen molar-refractivity contribution in [3.05, 3.63) is 29.8 Å². The monoisotopic (exact) mass is 260 g/mol. The van der Waals surface area contributed by atoms with Crippen LogP contribution < -0.4 is 10.2 Å². The molecule has 1 aliphatic heterocycles. The van der Waals surface area contributed by atoms with Crippen LogP contribution in [0.3, 0.4) is 0 Å². The molecule has 0 aromatic heterocycles. The van der Waals surface area contributed by atoms with E-state index in [0.29, 0.717) is 5.41 Å². The second kappa shape index (κ2) is 4.50. The Balaban J connectivity index is 1.90. The molecular formula is C16H24N2O. The lowest BCUT2D eigenvalue weighted by Gasteiger charge is -2.48. The van der Waals surface area contributed by atoms with E-state index in [9.17, 15) is 0 Å². The maximum Gasteiger partial charge on any atom is 0.0591 e. The third-order valence-electron chi connectivity index (χ3n) is 5.02. The Kier molecular flexibility index (Phi) is 3.06. The molecular weight excluding hydrogens is 236 g/mol. The Morgan fingerprint density at radius 2 is 1.79 bits per heavy atom. The summed E-state index contributed by atoms with van der Waals surface area (Å²) in [5, 5.41) is 3.38. The van der Waals surface area contributed by atoms with Crippen molar-refractivity contribution >= 4 is 5.69 Å². The highest BCUT2D eigenvalue weighted by atomic mass is 16.5. The molecule has 2 aliphatic rings. The van der Waals surface area contributed by atoms with Gasteiger partial charge in [-0.3, -0.25) is 0 Å². The number of hydrogen-bond acceptors (Lipinski definition) is 3. The number of rotatable bonds is 5. The zero-order valence-corrected chi connectivity index (χ0v) is 12.2. The number of nitrogens with one attached hydrogen (secondary N) is 1. The molecule has 1 N–H and O–H groups in total. The fraction of sp³-hybridized carbons (Fsp3) is 0.625. The van der Waals surface area contributed by atoms with Crippen LogP contribution in [-0.4, -0.2) is 40.9 Å². The van der Waals surface area contributed by atoms with Gasteiger partial charge in [-0.2, -0.15) is 0 Å². The highest BCUT2D eigenvalue weighted by Gasteiger charge is 2.62. The van der Waals surface area contributed by atoms with Crippen molar-refractivity contribution in [3.63, 3.8) is 0 Å². The normalized spacial score (nSPS) is 22.7. The summed E-state index contributed by atoms with van der Waals surface area (Å²) in [6.45, 7) is 2.87. The molecule has 2 fully saturated rings. The van der Waals surface area contributed by atoms with Gasteiger partial charge in [-0.15, -0.1) is 0 Å². The van der Waals surface area contributed by atoms with Crippen molar-refractivity contribution < 1.29 is 4.74 Å². The van der Waals surface area contributed by atoms with Gasteiger partial charge in [0.2, 0.25) is 0 Å². The molecule has 1 saturated carbocycles. The van der Waals surface area contributed by atoms with Crippen molar-refractivity contribution in [2.24, 2.45) is 5.41 Å². The molecule has 1 aromatic rings. The van der Waals surface area contributed by atoms with E-state index in [1.807, 2.05) is 0 Å². The van der Waals surface area contributed by atoms with Crippen LogP contribution in [0, 0.1) is 5.41 Å². The second-order valence-electron chi connectivity index (χ2n) is 6.33. The molecule has 0 radical (unpaired) electrons. The molecule has 0 atom stereocenters. The third-order valence-corrected chi connectivity index (χ3v) is 5.02. The topological polar surface area (TPSA) is 24.5 Å². The van der Waals surface area contributed by atoms with Gasteiger partial charge in [0.15, 0.2) is 0 Å². The predicted molar refractivity (Wildman–Crippen MR) is 78.9 cm³/mol. The summed E-state index contributed by atoms with van der Waals surface area (Å²) < 4.78 is 5.60. The first-order valence-corrected chi connectivity index (χ1v) is 7.14. The summed E-state index contributed by atoms with van der Waals surface area (Å²) in [5.74, 6) is 0. The average Bonchev–Trinajstić information content (AvgIpc) is 3.10. The first-order valence-electron chi connectivity index (χ1n) is 7.14. The molecule has 0 amide bonds. The lowest BCUT2D eigenvalue weighted by Crippen LogP contribution is -2.56. The summed E-state index contributed by atoms with van der Waals surface area (Å²) in [6.07, 6.45) is 2.65. The van der Waals surface area contributed by atoms with Gasteiger partial charge in [0.25, 0.3) is 0 Å². The second-order valence-corrected chi connectivity index (χ2v) is 6.33. The van der Waals surface area contributed by atoms with E-state index in [0.717, 1.165) is 19.8 Å². The number of nitrogens with zero attached hydrogens (tertiary/aromatic N) is 1. The molecule has 1 aliphatic carbocycles. The van der Waals surface area contributed by atoms with Crippen LogP contribution in [0.25, 0.3) is 0 Å². The zero-order valence-electron chi connectivity index (χ0n) is 12.2. The van der Waals surface area contributed by atoms with Gasteiger partial charge in [-0.25, -0.2) is 0 Å². The Morgan fingerprint density at radius 3 is 2.16 bits per heavy atom. The summed E-state index contributed by atoms with van der Waals surface area (Å²) in [6, 6.07) is 9.05. The SMILES string of the molecule is CNCC1(C2(c3ccc(N(C)C)cc3)COC2)CC1. The molecule has 3 nitrogen and oxygen atoms in total. The van der Waals surface area contributed by atoms with E-state index < -0.39 is 0 Å². The Morgan fingerprint density at radius 1 is 1.16 bits per heavy atom. The molecule has 19 heavy (non-hydrogen) atoms. The van der Waals surface area contributed by atoms with Crippen molar-refractivity contribution in [2.75, 3.05) is 45.8 Å². The Bertz CT molecular complexity index is 444. The summed E-state index contributed by atoms with van der Waals surface area (Å²) in [5.41, 5.74) is 3.40. The largest absolute Gasteiger partial charge is 0.379 e. The Labute approximate surface area is 115 Å². The maximum atomic E-state index is 5.60. The van der Waals surface area contributed by atoms with E-state index >= 15 is 0 Å². The van der Waals surface area contributed by atoms with E-state index in [4.69, 9.17) is 4.74 Å². The van der Waals surface area contributed by atoms with Crippen molar-refractivity contribution in [3.8, 4) is 0 Å². The maximum absolute atomic E-state index is 5.60. The van der Waals surface area contributed by atoms with Gasteiger partial charge in [0.05, 0.1) is 13.2 Å². The highest BCUT2D eigenvalue weighted by Crippen LogP contribution is 2.62. The van der Waals surface area contributed by atoms with Crippen LogP contribution in [0.5, 0.6) is 0 Å². The van der Waals surface area contributed by atoms with Crippen molar-refractivity contribution in [1.29, 1.82) is 0 Å².